The molecule has 1 heterocycles. The van der Waals surface area contributed by atoms with Crippen molar-refractivity contribution in [3.8, 4) is 11.5 Å². The monoisotopic (exact) mass is 550 g/mol. The largest absolute Gasteiger partial charge is 0.484 e. The minimum atomic E-state index is -0.310. The Balaban J connectivity index is 1.41. The molecule has 7 nitrogen and oxygen atoms in total. The van der Waals surface area contributed by atoms with Crippen LogP contribution in [0, 0.1) is 11.3 Å². The average Bonchev–Trinajstić information content (AvgIpc) is 3.25. The van der Waals surface area contributed by atoms with E-state index in [0.717, 1.165) is 29.6 Å². The van der Waals surface area contributed by atoms with Crippen molar-refractivity contribution in [3.63, 3.8) is 0 Å². The normalized spacial score (nSPS) is 18.5. The summed E-state index contributed by atoms with van der Waals surface area (Å²) in [6.07, 6.45) is 3.24. The lowest BCUT2D eigenvalue weighted by molar-refractivity contribution is -0.118. The van der Waals surface area contributed by atoms with Crippen molar-refractivity contribution >= 4 is 45.9 Å². The first-order valence-electron chi connectivity index (χ1n) is 13.1. The van der Waals surface area contributed by atoms with Gasteiger partial charge < -0.3 is 19.9 Å². The van der Waals surface area contributed by atoms with E-state index < -0.39 is 0 Å². The minimum Gasteiger partial charge on any atom is -0.484 e. The number of carbonyl (C=O) groups excluding carboxylic acids is 1. The standard InChI is InChI=1S/C30H32ClFN4O3/c1-19-14-21(17-30(2,3)16-19)36-27-13-12-23(38-18-28(37)34-25-7-5-4-6-24(25)31)15-26(27)35-29(36)33-20-8-10-22(39-32)11-9-20/h4-13,15,19,21H,14,16-18H2,1-3H3,(H,33,35)(H,34,37)/t19-,21?/m1/s1. The lowest BCUT2D eigenvalue weighted by Crippen LogP contribution is -2.29. The molecule has 0 bridgehead atoms. The maximum atomic E-state index is 12.5. The number of fused-ring (bicyclic) bond motifs is 1. The molecule has 0 spiro atoms. The zero-order valence-corrected chi connectivity index (χ0v) is 23.0. The highest BCUT2D eigenvalue weighted by atomic mass is 35.5. The predicted molar refractivity (Wildman–Crippen MR) is 153 cm³/mol. The third-order valence-electron chi connectivity index (χ3n) is 7.11. The summed E-state index contributed by atoms with van der Waals surface area (Å²) in [4.78, 5) is 21.2. The summed E-state index contributed by atoms with van der Waals surface area (Å²) in [6.45, 7) is 6.77. The highest BCUT2D eigenvalue weighted by Gasteiger charge is 2.34. The highest BCUT2D eigenvalue weighted by molar-refractivity contribution is 6.33. The summed E-state index contributed by atoms with van der Waals surface area (Å²) in [7, 11) is 0. The fourth-order valence-corrected chi connectivity index (χ4v) is 5.92. The van der Waals surface area contributed by atoms with Gasteiger partial charge in [0.2, 0.25) is 5.95 Å². The van der Waals surface area contributed by atoms with Crippen LogP contribution in [0.5, 0.6) is 11.5 Å². The number of halogens is 2. The van der Waals surface area contributed by atoms with Crippen LogP contribution in [0.3, 0.4) is 0 Å². The first-order chi connectivity index (χ1) is 18.7. The first-order valence-corrected chi connectivity index (χ1v) is 13.4. The number of imidazole rings is 1. The number of hydrogen-bond donors (Lipinski definition) is 2. The van der Waals surface area contributed by atoms with Crippen LogP contribution >= 0.6 is 11.6 Å². The van der Waals surface area contributed by atoms with Gasteiger partial charge in [-0.2, -0.15) is 0 Å². The Hall–Kier alpha value is -3.78. The fourth-order valence-electron chi connectivity index (χ4n) is 5.74. The van der Waals surface area contributed by atoms with E-state index in [2.05, 4.69) is 40.9 Å². The Morgan fingerprint density at radius 1 is 1.10 bits per heavy atom. The first kappa shape index (κ1) is 26.8. The second kappa shape index (κ2) is 11.1. The maximum absolute atomic E-state index is 12.5. The molecule has 0 radical (unpaired) electrons. The zero-order chi connectivity index (χ0) is 27.6. The average molecular weight is 551 g/mol. The molecule has 204 valence electrons. The molecule has 1 unspecified atom stereocenters. The van der Waals surface area contributed by atoms with E-state index in [1.807, 2.05) is 18.2 Å². The Labute approximate surface area is 232 Å². The summed E-state index contributed by atoms with van der Waals surface area (Å²) >= 11 is 6.14. The van der Waals surface area contributed by atoms with Crippen LogP contribution in [0.4, 0.5) is 21.8 Å². The molecule has 1 saturated carbocycles. The maximum Gasteiger partial charge on any atom is 0.262 e. The van der Waals surface area contributed by atoms with E-state index in [4.69, 9.17) is 21.3 Å². The summed E-state index contributed by atoms with van der Waals surface area (Å²) in [5.41, 5.74) is 3.23. The van der Waals surface area contributed by atoms with Gasteiger partial charge >= 0.3 is 0 Å². The van der Waals surface area contributed by atoms with Crippen LogP contribution < -0.4 is 20.3 Å². The van der Waals surface area contributed by atoms with E-state index in [1.165, 1.54) is 6.42 Å². The van der Waals surface area contributed by atoms with Gasteiger partial charge in [-0.25, -0.2) is 4.98 Å². The molecule has 9 heteroatoms. The number of rotatable bonds is 8. The number of benzene rings is 3. The summed E-state index contributed by atoms with van der Waals surface area (Å²) < 4.78 is 20.6. The summed E-state index contributed by atoms with van der Waals surface area (Å²) in [5.74, 6) is 1.63. The number of nitrogens with one attached hydrogen (secondary N) is 2. The zero-order valence-electron chi connectivity index (χ0n) is 22.2. The number of para-hydroxylation sites is 1. The number of hydrogen-bond acceptors (Lipinski definition) is 5. The molecule has 0 saturated heterocycles. The van der Waals surface area contributed by atoms with Crippen molar-refractivity contribution in [2.24, 2.45) is 11.3 Å². The summed E-state index contributed by atoms with van der Waals surface area (Å²) in [5, 5.41) is 6.64. The van der Waals surface area contributed by atoms with Crippen LogP contribution in [-0.2, 0) is 4.79 Å². The number of anilines is 3. The Morgan fingerprint density at radius 3 is 2.56 bits per heavy atom. The molecule has 0 aliphatic heterocycles. The lowest BCUT2D eigenvalue weighted by Gasteiger charge is -2.40. The number of ether oxygens (including phenoxy) is 1. The smallest absolute Gasteiger partial charge is 0.262 e. The lowest BCUT2D eigenvalue weighted by atomic mass is 9.70. The van der Waals surface area contributed by atoms with E-state index in [0.29, 0.717) is 28.3 Å². The van der Waals surface area contributed by atoms with Crippen molar-refractivity contribution in [2.75, 3.05) is 17.2 Å². The van der Waals surface area contributed by atoms with Gasteiger partial charge in [-0.1, -0.05) is 44.5 Å². The molecule has 1 amide bonds. The van der Waals surface area contributed by atoms with Crippen LogP contribution in [0.15, 0.2) is 66.7 Å². The van der Waals surface area contributed by atoms with Gasteiger partial charge in [-0.05, 0) is 79.1 Å². The van der Waals surface area contributed by atoms with Crippen molar-refractivity contribution < 1.29 is 19.0 Å². The van der Waals surface area contributed by atoms with Crippen LogP contribution in [0.25, 0.3) is 11.0 Å². The van der Waals surface area contributed by atoms with Gasteiger partial charge in [0.05, 0.1) is 21.7 Å². The molecule has 1 fully saturated rings. The van der Waals surface area contributed by atoms with Crippen molar-refractivity contribution in [1.82, 2.24) is 9.55 Å². The molecule has 39 heavy (non-hydrogen) atoms. The molecule has 4 aromatic rings. The van der Waals surface area contributed by atoms with Gasteiger partial charge in [0.1, 0.15) is 5.75 Å². The van der Waals surface area contributed by atoms with Crippen LogP contribution in [-0.4, -0.2) is 22.1 Å². The molecular weight excluding hydrogens is 519 g/mol. The third-order valence-corrected chi connectivity index (χ3v) is 7.44. The highest BCUT2D eigenvalue weighted by Crippen LogP contribution is 2.46. The van der Waals surface area contributed by atoms with Crippen molar-refractivity contribution in [2.45, 2.75) is 46.1 Å². The van der Waals surface area contributed by atoms with Gasteiger partial charge in [0, 0.05) is 22.3 Å². The topological polar surface area (TPSA) is 77.4 Å². The number of carbonyl (C=O) groups is 1. The Morgan fingerprint density at radius 2 is 1.85 bits per heavy atom. The van der Waals surface area contributed by atoms with E-state index in [1.54, 1.807) is 48.5 Å². The summed E-state index contributed by atoms with van der Waals surface area (Å²) in [6, 6.07) is 19.6. The number of aromatic nitrogens is 2. The molecule has 3 aromatic carbocycles. The van der Waals surface area contributed by atoms with Gasteiger partial charge in [0.25, 0.3) is 5.91 Å². The third kappa shape index (κ3) is 6.28. The molecule has 2 N–H and O–H groups in total. The van der Waals surface area contributed by atoms with E-state index in [9.17, 15) is 9.32 Å². The van der Waals surface area contributed by atoms with Crippen LogP contribution in [0.2, 0.25) is 5.02 Å². The van der Waals surface area contributed by atoms with Gasteiger partial charge in [-0.15, -0.1) is 0 Å². The second-order valence-corrected chi connectivity index (χ2v) is 11.5. The Kier molecular flexibility index (Phi) is 7.66. The van der Waals surface area contributed by atoms with Gasteiger partial charge in [-0.3, -0.25) is 9.74 Å². The second-order valence-electron chi connectivity index (χ2n) is 11.1. The molecule has 1 aliphatic carbocycles. The molecule has 5 rings (SSSR count). The molecule has 2 atom stereocenters. The van der Waals surface area contributed by atoms with Crippen molar-refractivity contribution in [3.05, 3.63) is 71.8 Å². The Bertz CT molecular complexity index is 1470. The number of amides is 1. The number of nitrogens with zero attached hydrogens (tertiary/aromatic N) is 2. The van der Waals surface area contributed by atoms with E-state index in [-0.39, 0.29) is 29.7 Å². The quantitative estimate of drug-likeness (QED) is 0.232. The molecule has 1 aromatic heterocycles. The van der Waals surface area contributed by atoms with E-state index >= 15 is 0 Å². The van der Waals surface area contributed by atoms with Gasteiger partial charge in [0.15, 0.2) is 12.4 Å². The minimum absolute atomic E-state index is 0.136. The SMILES string of the molecule is C[C@@H]1CC(n2c(Nc3ccc(OF)cc3)nc3cc(OCC(=O)Nc4ccccc4Cl)ccc32)CC(C)(C)C1. The fraction of sp³-hybridized carbons (Fsp3) is 0.333. The molecule has 1 aliphatic rings. The van der Waals surface area contributed by atoms with Crippen molar-refractivity contribution in [1.29, 1.82) is 0 Å². The molecular formula is C30H32ClFN4O3. The predicted octanol–water partition coefficient (Wildman–Crippen LogP) is 8.10. The van der Waals surface area contributed by atoms with Crippen LogP contribution in [0.1, 0.15) is 46.1 Å².